The standard InChI is InChI=1S/C17H26N2O4S.ClH/c1-24(20,21)16-6-7-17(19-12-16)23-14-4-2-13(3-5-14)22-15-8-10-18-11-9-15;/h6-7,12-15,18H,2-5,8-11H2,1H3;1H/t13-,14-;. The van der Waals surface area contributed by atoms with Gasteiger partial charge >= 0.3 is 0 Å². The Hall–Kier alpha value is -0.890. The van der Waals surface area contributed by atoms with E-state index in [4.69, 9.17) is 9.47 Å². The summed E-state index contributed by atoms with van der Waals surface area (Å²) in [7, 11) is -3.21. The van der Waals surface area contributed by atoms with Gasteiger partial charge in [0.15, 0.2) is 9.84 Å². The molecule has 2 aliphatic rings. The molecule has 0 bridgehead atoms. The molecule has 3 rings (SSSR count). The van der Waals surface area contributed by atoms with Crippen molar-refractivity contribution in [2.45, 2.75) is 61.7 Å². The molecule has 142 valence electrons. The fourth-order valence-corrected chi connectivity index (χ4v) is 3.88. The molecule has 25 heavy (non-hydrogen) atoms. The highest BCUT2D eigenvalue weighted by Crippen LogP contribution is 2.27. The van der Waals surface area contributed by atoms with E-state index in [-0.39, 0.29) is 23.4 Å². The zero-order chi connectivity index (χ0) is 17.0. The lowest BCUT2D eigenvalue weighted by Crippen LogP contribution is -2.37. The molecule has 0 unspecified atom stereocenters. The van der Waals surface area contributed by atoms with Gasteiger partial charge in [-0.2, -0.15) is 0 Å². The summed E-state index contributed by atoms with van der Waals surface area (Å²) < 4.78 is 35.0. The molecule has 0 atom stereocenters. The van der Waals surface area contributed by atoms with Crippen LogP contribution in [0.25, 0.3) is 0 Å². The van der Waals surface area contributed by atoms with Gasteiger partial charge in [0.2, 0.25) is 5.88 Å². The molecule has 1 aliphatic carbocycles. The van der Waals surface area contributed by atoms with Gasteiger partial charge in [0.1, 0.15) is 6.10 Å². The second kappa shape index (κ2) is 9.16. The highest BCUT2D eigenvalue weighted by molar-refractivity contribution is 7.90. The Labute approximate surface area is 156 Å². The van der Waals surface area contributed by atoms with E-state index in [2.05, 4.69) is 10.3 Å². The van der Waals surface area contributed by atoms with Gasteiger partial charge in [0.25, 0.3) is 0 Å². The van der Waals surface area contributed by atoms with Crippen LogP contribution in [0.2, 0.25) is 0 Å². The van der Waals surface area contributed by atoms with Crippen LogP contribution in [0.3, 0.4) is 0 Å². The van der Waals surface area contributed by atoms with Crippen molar-refractivity contribution in [2.75, 3.05) is 19.3 Å². The summed E-state index contributed by atoms with van der Waals surface area (Å²) >= 11 is 0. The van der Waals surface area contributed by atoms with Gasteiger partial charge in [0.05, 0.1) is 17.1 Å². The minimum Gasteiger partial charge on any atom is -0.474 e. The number of hydrogen-bond donors (Lipinski definition) is 1. The predicted molar refractivity (Wildman–Crippen MR) is 98.2 cm³/mol. The maximum atomic E-state index is 11.4. The molecule has 1 aromatic heterocycles. The largest absolute Gasteiger partial charge is 0.474 e. The molecule has 0 aromatic carbocycles. The Balaban J connectivity index is 0.00000225. The first kappa shape index (κ1) is 20.4. The van der Waals surface area contributed by atoms with Crippen LogP contribution in [0.5, 0.6) is 5.88 Å². The minimum absolute atomic E-state index is 0. The summed E-state index contributed by atoms with van der Waals surface area (Å²) in [4.78, 5) is 4.33. The van der Waals surface area contributed by atoms with Crippen LogP contribution < -0.4 is 10.1 Å². The Morgan fingerprint density at radius 3 is 2.16 bits per heavy atom. The molecule has 2 heterocycles. The van der Waals surface area contributed by atoms with Crippen molar-refractivity contribution in [3.05, 3.63) is 18.3 Å². The number of nitrogens with zero attached hydrogens (tertiary/aromatic N) is 1. The maximum absolute atomic E-state index is 11.4. The first-order valence-corrected chi connectivity index (χ1v) is 10.6. The van der Waals surface area contributed by atoms with Gasteiger partial charge in [-0.1, -0.05) is 0 Å². The first-order valence-electron chi connectivity index (χ1n) is 8.69. The van der Waals surface area contributed by atoms with Crippen molar-refractivity contribution in [3.8, 4) is 5.88 Å². The zero-order valence-corrected chi connectivity index (χ0v) is 16.2. The van der Waals surface area contributed by atoms with E-state index < -0.39 is 9.84 Å². The van der Waals surface area contributed by atoms with Crippen LogP contribution in [-0.2, 0) is 14.6 Å². The fraction of sp³-hybridized carbons (Fsp3) is 0.706. The van der Waals surface area contributed by atoms with Crippen molar-refractivity contribution in [1.82, 2.24) is 10.3 Å². The molecule has 0 spiro atoms. The summed E-state index contributed by atoms with van der Waals surface area (Å²) in [5.74, 6) is 0.491. The number of halogens is 1. The molecule has 8 heteroatoms. The Kier molecular flexibility index (Phi) is 7.49. The van der Waals surface area contributed by atoms with E-state index in [1.165, 1.54) is 12.5 Å². The van der Waals surface area contributed by atoms with Gasteiger partial charge in [0, 0.05) is 18.5 Å². The molecular weight excluding hydrogens is 364 g/mol. The van der Waals surface area contributed by atoms with E-state index >= 15 is 0 Å². The Morgan fingerprint density at radius 2 is 1.60 bits per heavy atom. The van der Waals surface area contributed by atoms with E-state index in [9.17, 15) is 8.42 Å². The minimum atomic E-state index is -3.21. The third-order valence-electron chi connectivity index (χ3n) is 4.72. The summed E-state index contributed by atoms with van der Waals surface area (Å²) in [5, 5.41) is 3.35. The van der Waals surface area contributed by atoms with E-state index in [0.717, 1.165) is 51.6 Å². The molecule has 0 radical (unpaired) electrons. The van der Waals surface area contributed by atoms with Crippen molar-refractivity contribution in [3.63, 3.8) is 0 Å². The molecule has 2 fully saturated rings. The molecule has 6 nitrogen and oxygen atoms in total. The van der Waals surface area contributed by atoms with Crippen LogP contribution in [0.4, 0.5) is 0 Å². The number of nitrogens with one attached hydrogen (secondary N) is 1. The average Bonchev–Trinajstić information content (AvgIpc) is 2.57. The Morgan fingerprint density at radius 1 is 1.00 bits per heavy atom. The van der Waals surface area contributed by atoms with Crippen molar-refractivity contribution < 1.29 is 17.9 Å². The van der Waals surface area contributed by atoms with Gasteiger partial charge < -0.3 is 14.8 Å². The average molecular weight is 391 g/mol. The molecule has 1 aliphatic heterocycles. The topological polar surface area (TPSA) is 77.5 Å². The molecule has 1 aromatic rings. The Bertz CT molecular complexity index is 625. The fourth-order valence-electron chi connectivity index (χ4n) is 3.32. The number of pyridine rings is 1. The molecule has 1 saturated heterocycles. The second-order valence-corrected chi connectivity index (χ2v) is 8.72. The third kappa shape index (κ3) is 6.09. The smallest absolute Gasteiger partial charge is 0.213 e. The predicted octanol–water partition coefficient (Wildman–Crippen LogP) is 2.37. The lowest BCUT2D eigenvalue weighted by atomic mass is 9.94. The van der Waals surface area contributed by atoms with Crippen molar-refractivity contribution >= 4 is 22.2 Å². The molecule has 0 amide bonds. The molecular formula is C17H27ClN2O4S. The van der Waals surface area contributed by atoms with Gasteiger partial charge in [-0.25, -0.2) is 13.4 Å². The quantitative estimate of drug-likeness (QED) is 0.831. The van der Waals surface area contributed by atoms with Gasteiger partial charge in [-0.05, 0) is 57.7 Å². The van der Waals surface area contributed by atoms with Crippen LogP contribution in [-0.4, -0.2) is 51.1 Å². The van der Waals surface area contributed by atoms with Crippen LogP contribution in [0, 0.1) is 0 Å². The third-order valence-corrected chi connectivity index (χ3v) is 5.81. The summed E-state index contributed by atoms with van der Waals surface area (Å²) in [6.45, 7) is 2.11. The van der Waals surface area contributed by atoms with E-state index in [1.54, 1.807) is 12.1 Å². The highest BCUT2D eigenvalue weighted by atomic mass is 35.5. The van der Waals surface area contributed by atoms with Crippen LogP contribution in [0.1, 0.15) is 38.5 Å². The second-order valence-electron chi connectivity index (χ2n) is 6.71. The van der Waals surface area contributed by atoms with Gasteiger partial charge in [-0.3, -0.25) is 0 Å². The summed E-state index contributed by atoms with van der Waals surface area (Å²) in [5.41, 5.74) is 0. The zero-order valence-electron chi connectivity index (χ0n) is 14.5. The monoisotopic (exact) mass is 390 g/mol. The summed E-state index contributed by atoms with van der Waals surface area (Å²) in [6.07, 6.45) is 9.54. The number of ether oxygens (including phenoxy) is 2. The first-order chi connectivity index (χ1) is 11.5. The normalized spacial score (nSPS) is 25.2. The maximum Gasteiger partial charge on any atom is 0.213 e. The van der Waals surface area contributed by atoms with Crippen molar-refractivity contribution in [1.29, 1.82) is 0 Å². The SMILES string of the molecule is CS(=O)(=O)c1ccc(O[C@H]2CC[C@H](OC3CCNCC3)CC2)nc1.Cl. The number of rotatable bonds is 5. The van der Waals surface area contributed by atoms with E-state index in [0.29, 0.717) is 18.1 Å². The highest BCUT2D eigenvalue weighted by Gasteiger charge is 2.26. The summed E-state index contributed by atoms with van der Waals surface area (Å²) in [6, 6.07) is 3.18. The van der Waals surface area contributed by atoms with Crippen LogP contribution >= 0.6 is 12.4 Å². The number of sulfone groups is 1. The van der Waals surface area contributed by atoms with Crippen molar-refractivity contribution in [2.24, 2.45) is 0 Å². The molecule has 1 N–H and O–H groups in total. The lowest BCUT2D eigenvalue weighted by Gasteiger charge is -2.33. The van der Waals surface area contributed by atoms with Crippen LogP contribution in [0.15, 0.2) is 23.2 Å². The van der Waals surface area contributed by atoms with E-state index in [1.807, 2.05) is 0 Å². The number of aromatic nitrogens is 1. The number of piperidine rings is 1. The lowest BCUT2D eigenvalue weighted by molar-refractivity contribution is -0.0551. The molecule has 1 saturated carbocycles. The number of hydrogen-bond acceptors (Lipinski definition) is 6. The van der Waals surface area contributed by atoms with Gasteiger partial charge in [-0.15, -0.1) is 12.4 Å².